The molecule has 1 aromatic heterocycles. The number of nitrogens with one attached hydrogen (secondary N) is 1. The van der Waals surface area contributed by atoms with E-state index in [0.717, 1.165) is 36.2 Å². The van der Waals surface area contributed by atoms with Gasteiger partial charge in [-0.1, -0.05) is 18.2 Å². The smallest absolute Gasteiger partial charge is 0.341 e. The average Bonchev–Trinajstić information content (AvgIpc) is 3.09. The van der Waals surface area contributed by atoms with Crippen LogP contribution in [0.4, 0.5) is 5.00 Å². The van der Waals surface area contributed by atoms with Crippen molar-refractivity contribution in [3.63, 3.8) is 0 Å². The standard InChI is InChI=1S/C23H28N2O5S/c1-4-29-23(28)19-16(3)20(22(27)25-12-8-5-9-13-25)31-21(19)24-18(26)14-30-17-11-7-6-10-15(17)2/h6-7,10-11H,4-5,8-9,12-14H2,1-3H3,(H,24,26). The number of hydrogen-bond acceptors (Lipinski definition) is 6. The molecular formula is C23H28N2O5S. The monoisotopic (exact) mass is 444 g/mol. The number of ether oxygens (including phenoxy) is 2. The molecule has 2 amide bonds. The summed E-state index contributed by atoms with van der Waals surface area (Å²) < 4.78 is 10.8. The number of likely N-dealkylation sites (tertiary alicyclic amines) is 1. The highest BCUT2D eigenvalue weighted by Crippen LogP contribution is 2.35. The number of hydrogen-bond donors (Lipinski definition) is 1. The van der Waals surface area contributed by atoms with Gasteiger partial charge in [0.15, 0.2) is 6.61 Å². The summed E-state index contributed by atoms with van der Waals surface area (Å²) in [6, 6.07) is 7.41. The Kier molecular flexibility index (Phi) is 7.68. The minimum Gasteiger partial charge on any atom is -0.483 e. The van der Waals surface area contributed by atoms with Crippen LogP contribution < -0.4 is 10.1 Å². The van der Waals surface area contributed by atoms with E-state index in [1.807, 2.05) is 30.0 Å². The Bertz CT molecular complexity index is 963. The van der Waals surface area contributed by atoms with E-state index >= 15 is 0 Å². The van der Waals surface area contributed by atoms with E-state index in [0.29, 0.717) is 34.3 Å². The zero-order chi connectivity index (χ0) is 22.4. The number of thiophene rings is 1. The van der Waals surface area contributed by atoms with Crippen LogP contribution in [0.3, 0.4) is 0 Å². The summed E-state index contributed by atoms with van der Waals surface area (Å²) >= 11 is 1.12. The van der Waals surface area contributed by atoms with Crippen LogP contribution >= 0.6 is 11.3 Å². The maximum atomic E-state index is 13.0. The van der Waals surface area contributed by atoms with Crippen molar-refractivity contribution in [3.8, 4) is 5.75 Å². The van der Waals surface area contributed by atoms with E-state index < -0.39 is 11.9 Å². The lowest BCUT2D eigenvalue weighted by molar-refractivity contribution is -0.118. The van der Waals surface area contributed by atoms with Gasteiger partial charge in [0.25, 0.3) is 11.8 Å². The molecule has 1 aliphatic rings. The number of benzene rings is 1. The van der Waals surface area contributed by atoms with Crippen LogP contribution in [0.1, 0.15) is 57.3 Å². The molecule has 0 bridgehead atoms. The lowest BCUT2D eigenvalue weighted by Gasteiger charge is -2.26. The Morgan fingerprint density at radius 3 is 2.48 bits per heavy atom. The van der Waals surface area contributed by atoms with Gasteiger partial charge in [-0.05, 0) is 57.2 Å². The second kappa shape index (κ2) is 10.4. The van der Waals surface area contributed by atoms with Gasteiger partial charge < -0.3 is 19.7 Å². The zero-order valence-corrected chi connectivity index (χ0v) is 19.0. The highest BCUT2D eigenvalue weighted by Gasteiger charge is 2.29. The number of anilines is 1. The Hall–Kier alpha value is -2.87. The van der Waals surface area contributed by atoms with E-state index in [4.69, 9.17) is 9.47 Å². The summed E-state index contributed by atoms with van der Waals surface area (Å²) in [6.45, 7) is 6.74. The molecule has 1 aliphatic heterocycles. The van der Waals surface area contributed by atoms with E-state index in [1.165, 1.54) is 0 Å². The number of nitrogens with zero attached hydrogens (tertiary/aromatic N) is 1. The number of piperidine rings is 1. The quantitative estimate of drug-likeness (QED) is 0.648. The van der Waals surface area contributed by atoms with E-state index in [2.05, 4.69) is 5.32 Å². The first-order valence-corrected chi connectivity index (χ1v) is 11.3. The summed E-state index contributed by atoms with van der Waals surface area (Å²) in [5.41, 5.74) is 1.69. The first kappa shape index (κ1) is 22.8. The van der Waals surface area contributed by atoms with Crippen LogP contribution in [0.2, 0.25) is 0 Å². The van der Waals surface area contributed by atoms with Crippen LogP contribution in [0.25, 0.3) is 0 Å². The topological polar surface area (TPSA) is 84.9 Å². The average molecular weight is 445 g/mol. The van der Waals surface area contributed by atoms with Gasteiger partial charge in [0.1, 0.15) is 10.8 Å². The highest BCUT2D eigenvalue weighted by molar-refractivity contribution is 7.18. The van der Waals surface area contributed by atoms with Crippen LogP contribution in [0.5, 0.6) is 5.75 Å². The van der Waals surface area contributed by atoms with Crippen LogP contribution in [-0.4, -0.2) is 49.0 Å². The van der Waals surface area contributed by atoms with Crippen LogP contribution in [0, 0.1) is 13.8 Å². The Balaban J connectivity index is 1.80. The maximum Gasteiger partial charge on any atom is 0.341 e. The predicted molar refractivity (Wildman–Crippen MR) is 120 cm³/mol. The third kappa shape index (κ3) is 5.44. The Morgan fingerprint density at radius 1 is 1.10 bits per heavy atom. The van der Waals surface area contributed by atoms with Crippen molar-refractivity contribution in [2.45, 2.75) is 40.0 Å². The van der Waals surface area contributed by atoms with Gasteiger partial charge in [0.05, 0.1) is 17.0 Å². The summed E-state index contributed by atoms with van der Waals surface area (Å²) in [5.74, 6) is -0.452. The fraction of sp³-hybridized carbons (Fsp3) is 0.435. The van der Waals surface area contributed by atoms with E-state index in [-0.39, 0.29) is 24.7 Å². The van der Waals surface area contributed by atoms with Crippen molar-refractivity contribution in [1.82, 2.24) is 4.90 Å². The molecule has 0 atom stereocenters. The van der Waals surface area contributed by atoms with Crippen molar-refractivity contribution < 1.29 is 23.9 Å². The summed E-state index contributed by atoms with van der Waals surface area (Å²) in [5, 5.41) is 3.06. The van der Waals surface area contributed by atoms with E-state index in [9.17, 15) is 14.4 Å². The number of carbonyl (C=O) groups is 3. The second-order valence-electron chi connectivity index (χ2n) is 7.44. The molecule has 31 heavy (non-hydrogen) atoms. The molecule has 1 saturated heterocycles. The molecular weight excluding hydrogens is 416 g/mol. The lowest BCUT2D eigenvalue weighted by Crippen LogP contribution is -2.35. The predicted octanol–water partition coefficient (Wildman–Crippen LogP) is 4.19. The zero-order valence-electron chi connectivity index (χ0n) is 18.2. The normalized spacial score (nSPS) is 13.6. The van der Waals surface area contributed by atoms with Crippen molar-refractivity contribution >= 4 is 34.1 Å². The summed E-state index contributed by atoms with van der Waals surface area (Å²) in [7, 11) is 0. The van der Waals surface area contributed by atoms with Crippen LogP contribution in [-0.2, 0) is 9.53 Å². The molecule has 8 heteroatoms. The van der Waals surface area contributed by atoms with Gasteiger partial charge in [-0.3, -0.25) is 9.59 Å². The van der Waals surface area contributed by atoms with Crippen molar-refractivity contribution in [2.75, 3.05) is 31.6 Å². The van der Waals surface area contributed by atoms with Gasteiger partial charge in [-0.2, -0.15) is 0 Å². The molecule has 0 aliphatic carbocycles. The van der Waals surface area contributed by atoms with Crippen LogP contribution in [0.15, 0.2) is 24.3 Å². The second-order valence-corrected chi connectivity index (χ2v) is 8.46. The fourth-order valence-corrected chi connectivity index (χ4v) is 4.70. The van der Waals surface area contributed by atoms with Gasteiger partial charge in [0, 0.05) is 13.1 Å². The Labute approximate surface area is 186 Å². The molecule has 3 rings (SSSR count). The molecule has 2 aromatic rings. The third-order valence-corrected chi connectivity index (χ3v) is 6.36. The van der Waals surface area contributed by atoms with Crippen molar-refractivity contribution in [2.24, 2.45) is 0 Å². The first-order valence-electron chi connectivity index (χ1n) is 10.5. The lowest BCUT2D eigenvalue weighted by atomic mass is 10.1. The third-order valence-electron chi connectivity index (χ3n) is 5.17. The fourth-order valence-electron chi connectivity index (χ4n) is 3.52. The number of amides is 2. The molecule has 1 fully saturated rings. The molecule has 0 saturated carbocycles. The molecule has 1 N–H and O–H groups in total. The minimum absolute atomic E-state index is 0.107. The number of carbonyl (C=O) groups excluding carboxylic acids is 3. The van der Waals surface area contributed by atoms with Gasteiger partial charge in [-0.15, -0.1) is 11.3 Å². The number of esters is 1. The minimum atomic E-state index is -0.552. The molecule has 166 valence electrons. The summed E-state index contributed by atoms with van der Waals surface area (Å²) in [6.07, 6.45) is 3.06. The largest absolute Gasteiger partial charge is 0.483 e. The molecule has 7 nitrogen and oxygen atoms in total. The number of aryl methyl sites for hydroxylation is 1. The molecule has 0 spiro atoms. The van der Waals surface area contributed by atoms with Gasteiger partial charge in [0.2, 0.25) is 0 Å². The Morgan fingerprint density at radius 2 is 1.81 bits per heavy atom. The number of para-hydroxylation sites is 1. The van der Waals surface area contributed by atoms with Crippen molar-refractivity contribution in [1.29, 1.82) is 0 Å². The number of rotatable bonds is 7. The maximum absolute atomic E-state index is 13.0. The molecule has 0 unspecified atom stereocenters. The molecule has 0 radical (unpaired) electrons. The first-order chi connectivity index (χ1) is 14.9. The molecule has 1 aromatic carbocycles. The van der Waals surface area contributed by atoms with Gasteiger partial charge >= 0.3 is 5.97 Å². The summed E-state index contributed by atoms with van der Waals surface area (Å²) in [4.78, 5) is 40.4. The van der Waals surface area contributed by atoms with Crippen molar-refractivity contribution in [3.05, 3.63) is 45.8 Å². The molecule has 2 heterocycles. The highest BCUT2D eigenvalue weighted by atomic mass is 32.1. The van der Waals surface area contributed by atoms with Gasteiger partial charge in [-0.25, -0.2) is 4.79 Å². The van der Waals surface area contributed by atoms with E-state index in [1.54, 1.807) is 19.9 Å². The SMILES string of the molecule is CCOC(=O)c1c(NC(=O)COc2ccccc2C)sc(C(=O)N2CCCCC2)c1C.